The van der Waals surface area contributed by atoms with E-state index in [-0.39, 0.29) is 24.5 Å². The molecule has 7 rings (SSSR count). The van der Waals surface area contributed by atoms with Crippen LogP contribution in [0.4, 0.5) is 28.9 Å². The molecule has 4 saturated carbocycles. The predicted octanol–water partition coefficient (Wildman–Crippen LogP) is 6.52. The highest BCUT2D eigenvalue weighted by Gasteiger charge is 2.47. The van der Waals surface area contributed by atoms with Crippen LogP contribution in [0.2, 0.25) is 0 Å². The first-order chi connectivity index (χ1) is 16.3. The lowest BCUT2D eigenvalue weighted by Crippen LogP contribution is -2.41. The third-order valence-electron chi connectivity index (χ3n) is 8.10. The van der Waals surface area contributed by atoms with Crippen molar-refractivity contribution in [2.24, 2.45) is 23.7 Å². The fourth-order valence-corrected chi connectivity index (χ4v) is 7.11. The van der Waals surface area contributed by atoms with Crippen LogP contribution in [0.5, 0.6) is 0 Å². The zero-order valence-electron chi connectivity index (χ0n) is 18.8. The molecule has 0 saturated heterocycles. The summed E-state index contributed by atoms with van der Waals surface area (Å²) >= 11 is 0. The molecular formula is C27H25F4NO2. The summed E-state index contributed by atoms with van der Waals surface area (Å²) in [7, 11) is 0. The maximum absolute atomic E-state index is 14.6. The first-order valence-electron chi connectivity index (χ1n) is 12.0. The normalized spacial score (nSPS) is 26.6. The molecule has 34 heavy (non-hydrogen) atoms. The highest BCUT2D eigenvalue weighted by atomic mass is 19.2. The zero-order chi connectivity index (χ0) is 23.7. The van der Waals surface area contributed by atoms with Crippen molar-refractivity contribution >= 4 is 22.9 Å². The van der Waals surface area contributed by atoms with Gasteiger partial charge in [-0.2, -0.15) is 0 Å². The number of esters is 1. The van der Waals surface area contributed by atoms with Crippen LogP contribution >= 0.6 is 0 Å². The fraction of sp³-hybridized carbons (Fsp3) is 0.444. The summed E-state index contributed by atoms with van der Waals surface area (Å²) in [6.45, 7) is 1.47. The van der Waals surface area contributed by atoms with Crippen LogP contribution in [0, 0.1) is 46.9 Å². The minimum absolute atomic E-state index is 0.142. The number of ether oxygens (including phenoxy) is 1. The van der Waals surface area contributed by atoms with Gasteiger partial charge in [-0.15, -0.1) is 0 Å². The lowest BCUT2D eigenvalue weighted by atomic mass is 9.53. The first kappa shape index (κ1) is 21.7. The van der Waals surface area contributed by atoms with Crippen LogP contribution < -0.4 is 4.90 Å². The summed E-state index contributed by atoms with van der Waals surface area (Å²) in [4.78, 5) is 13.8. The lowest BCUT2D eigenvalue weighted by Gasteiger charge is -2.53. The van der Waals surface area contributed by atoms with Crippen molar-refractivity contribution < 1.29 is 27.1 Å². The quantitative estimate of drug-likeness (QED) is 0.377. The number of fused-ring (bicyclic) bond motifs is 2. The summed E-state index contributed by atoms with van der Waals surface area (Å²) < 4.78 is 63.2. The SMILES string of the molecule is CCOC(=O)CN1c2cc(F)c(F)cc2C(=C2C3CC4CC(C3)CC2C4)c2cc(F)c(F)cc21. The largest absolute Gasteiger partial charge is 0.465 e. The zero-order valence-corrected chi connectivity index (χ0v) is 18.8. The topological polar surface area (TPSA) is 29.5 Å². The second-order valence-corrected chi connectivity index (χ2v) is 10.1. The van der Waals surface area contributed by atoms with Crippen molar-refractivity contribution in [1.29, 1.82) is 0 Å². The van der Waals surface area contributed by atoms with Crippen molar-refractivity contribution in [3.63, 3.8) is 0 Å². The highest BCUT2D eigenvalue weighted by molar-refractivity contribution is 6.01. The van der Waals surface area contributed by atoms with Crippen molar-refractivity contribution in [3.05, 3.63) is 64.2 Å². The second-order valence-electron chi connectivity index (χ2n) is 10.1. The molecule has 2 aromatic rings. The Morgan fingerprint density at radius 3 is 1.76 bits per heavy atom. The van der Waals surface area contributed by atoms with Gasteiger partial charge in [-0.1, -0.05) is 5.57 Å². The van der Waals surface area contributed by atoms with Crippen LogP contribution in [0.1, 0.15) is 50.2 Å². The summed E-state index contributed by atoms with van der Waals surface area (Å²) in [6, 6.07) is 4.37. The van der Waals surface area contributed by atoms with E-state index in [0.29, 0.717) is 40.4 Å². The molecule has 0 atom stereocenters. The summed E-state index contributed by atoms with van der Waals surface area (Å²) in [6.07, 6.45) is 5.40. The first-order valence-corrected chi connectivity index (χ1v) is 12.0. The average Bonchev–Trinajstić information content (AvgIpc) is 2.77. The molecule has 0 radical (unpaired) electrons. The van der Waals surface area contributed by atoms with Gasteiger partial charge in [0.1, 0.15) is 6.54 Å². The van der Waals surface area contributed by atoms with Crippen LogP contribution in [0.25, 0.3) is 5.57 Å². The number of anilines is 2. The fourth-order valence-electron chi connectivity index (χ4n) is 7.11. The lowest BCUT2D eigenvalue weighted by molar-refractivity contribution is -0.141. The third-order valence-corrected chi connectivity index (χ3v) is 8.10. The van der Waals surface area contributed by atoms with Gasteiger partial charge in [0.15, 0.2) is 23.3 Å². The van der Waals surface area contributed by atoms with E-state index in [1.807, 2.05) is 0 Å². The minimum atomic E-state index is -1.06. The minimum Gasteiger partial charge on any atom is -0.465 e. The van der Waals surface area contributed by atoms with Crippen molar-refractivity contribution in [2.45, 2.75) is 39.0 Å². The van der Waals surface area contributed by atoms with Crippen LogP contribution in [-0.2, 0) is 9.53 Å². The third kappa shape index (κ3) is 3.27. The van der Waals surface area contributed by atoms with E-state index in [0.717, 1.165) is 55.5 Å². The highest BCUT2D eigenvalue weighted by Crippen LogP contribution is 2.60. The van der Waals surface area contributed by atoms with Crippen molar-refractivity contribution in [2.75, 3.05) is 18.1 Å². The van der Waals surface area contributed by atoms with Gasteiger partial charge in [-0.05, 0) is 80.4 Å². The smallest absolute Gasteiger partial charge is 0.325 e. The molecule has 4 bridgehead atoms. The van der Waals surface area contributed by atoms with Gasteiger partial charge < -0.3 is 9.64 Å². The van der Waals surface area contributed by atoms with E-state index in [1.165, 1.54) is 11.3 Å². The number of hydrogen-bond donors (Lipinski definition) is 0. The molecule has 178 valence electrons. The number of benzene rings is 2. The van der Waals surface area contributed by atoms with Gasteiger partial charge in [-0.3, -0.25) is 4.79 Å². The molecule has 0 unspecified atom stereocenters. The summed E-state index contributed by atoms with van der Waals surface area (Å²) in [5, 5.41) is 0. The molecule has 0 N–H and O–H groups in total. The summed E-state index contributed by atoms with van der Waals surface area (Å²) in [5.74, 6) is -2.81. The number of rotatable bonds is 3. The molecule has 1 aliphatic heterocycles. The predicted molar refractivity (Wildman–Crippen MR) is 119 cm³/mol. The van der Waals surface area contributed by atoms with Crippen LogP contribution in [0.15, 0.2) is 29.8 Å². The Hall–Kier alpha value is -2.83. The number of hydrogen-bond acceptors (Lipinski definition) is 3. The Balaban J connectivity index is 1.62. The van der Waals surface area contributed by atoms with E-state index >= 15 is 0 Å². The van der Waals surface area contributed by atoms with E-state index in [1.54, 1.807) is 6.92 Å². The Kier molecular flexibility index (Phi) is 5.01. The average molecular weight is 471 g/mol. The standard InChI is InChI=1S/C27H25F4NO2/c1-2-34-25(33)12-32-23-10-21(30)19(28)8-17(23)27(18-9-20(29)22(31)11-24(18)32)26-15-4-13-3-14(6-15)7-16(26)5-13/h8-11,13-16H,2-7,12H2,1H3. The second kappa shape index (κ2) is 7.85. The molecule has 7 heteroatoms. The summed E-state index contributed by atoms with van der Waals surface area (Å²) in [5.41, 5.74) is 3.20. The number of allylic oxidation sites excluding steroid dienone is 1. The molecular weight excluding hydrogens is 446 g/mol. The van der Waals surface area contributed by atoms with Crippen LogP contribution in [0.3, 0.4) is 0 Å². The monoisotopic (exact) mass is 471 g/mol. The maximum Gasteiger partial charge on any atom is 0.325 e. The Labute approximate surface area is 195 Å². The number of halogens is 4. The molecule has 3 nitrogen and oxygen atoms in total. The maximum atomic E-state index is 14.6. The number of nitrogens with zero attached hydrogens (tertiary/aromatic N) is 1. The molecule has 4 aliphatic carbocycles. The molecule has 5 aliphatic rings. The van der Waals surface area contributed by atoms with Gasteiger partial charge in [-0.25, -0.2) is 17.6 Å². The van der Waals surface area contributed by atoms with Crippen molar-refractivity contribution in [3.8, 4) is 0 Å². The van der Waals surface area contributed by atoms with E-state index < -0.39 is 29.2 Å². The van der Waals surface area contributed by atoms with E-state index in [9.17, 15) is 22.4 Å². The molecule has 0 amide bonds. The Morgan fingerprint density at radius 2 is 1.29 bits per heavy atom. The van der Waals surface area contributed by atoms with E-state index in [4.69, 9.17) is 4.74 Å². The number of carbonyl (C=O) groups is 1. The van der Waals surface area contributed by atoms with Crippen molar-refractivity contribution in [1.82, 2.24) is 0 Å². The van der Waals surface area contributed by atoms with Gasteiger partial charge in [0.05, 0.1) is 18.0 Å². The molecule has 4 fully saturated rings. The molecule has 0 spiro atoms. The number of carbonyl (C=O) groups excluding carboxylic acids is 1. The van der Waals surface area contributed by atoms with Gasteiger partial charge in [0.2, 0.25) is 0 Å². The van der Waals surface area contributed by atoms with Gasteiger partial charge >= 0.3 is 5.97 Å². The Morgan fingerprint density at radius 1 is 0.824 bits per heavy atom. The molecule has 2 aromatic carbocycles. The Bertz CT molecular complexity index is 1150. The van der Waals surface area contributed by atoms with Crippen LogP contribution in [-0.4, -0.2) is 19.1 Å². The molecule has 0 aromatic heterocycles. The molecule has 1 heterocycles. The van der Waals surface area contributed by atoms with E-state index in [2.05, 4.69) is 0 Å². The van der Waals surface area contributed by atoms with Gasteiger partial charge in [0, 0.05) is 23.3 Å². The van der Waals surface area contributed by atoms with Gasteiger partial charge in [0.25, 0.3) is 0 Å².